The van der Waals surface area contributed by atoms with Crippen LogP contribution in [0.25, 0.3) is 0 Å². The van der Waals surface area contributed by atoms with E-state index < -0.39 is 0 Å². The summed E-state index contributed by atoms with van der Waals surface area (Å²) in [6.45, 7) is 0. The fraction of sp³-hybridized carbons (Fsp3) is 0.133. The zero-order chi connectivity index (χ0) is 12.8. The van der Waals surface area contributed by atoms with Crippen LogP contribution in [0, 0.1) is 0 Å². The number of phenolic OH excluding ortho intramolecular Hbond substituents is 1. The van der Waals surface area contributed by atoms with Crippen LogP contribution in [-0.2, 0) is 5.75 Å². The van der Waals surface area contributed by atoms with Crippen LogP contribution in [-0.4, -0.2) is 16.6 Å². The molecule has 2 aromatic rings. The molecule has 0 aliphatic rings. The van der Waals surface area contributed by atoms with E-state index in [1.54, 1.807) is 12.1 Å². The number of para-hydroxylation sites is 1. The normalized spacial score (nSPS) is 10.2. The second-order valence-electron chi connectivity index (χ2n) is 3.91. The molecule has 0 saturated carbocycles. The van der Waals surface area contributed by atoms with Gasteiger partial charge in [0.25, 0.3) is 0 Å². The Balaban J connectivity index is 1.86. The molecule has 3 heteroatoms. The van der Waals surface area contributed by atoms with Crippen molar-refractivity contribution in [1.29, 1.82) is 0 Å². The second-order valence-corrected chi connectivity index (χ2v) is 4.90. The fourth-order valence-electron chi connectivity index (χ4n) is 1.59. The largest absolute Gasteiger partial charge is 0.508 e. The van der Waals surface area contributed by atoms with Crippen molar-refractivity contribution in [3.8, 4) is 5.75 Å². The topological polar surface area (TPSA) is 37.3 Å². The lowest BCUT2D eigenvalue weighted by atomic mass is 10.2. The highest BCUT2D eigenvalue weighted by molar-refractivity contribution is 7.99. The smallest absolute Gasteiger partial charge is 0.172 e. The van der Waals surface area contributed by atoms with Gasteiger partial charge < -0.3 is 5.11 Å². The molecule has 18 heavy (non-hydrogen) atoms. The molecule has 2 rings (SSSR count). The minimum Gasteiger partial charge on any atom is -0.508 e. The first-order valence-electron chi connectivity index (χ1n) is 5.70. The molecule has 0 aromatic heterocycles. The van der Waals surface area contributed by atoms with Crippen molar-refractivity contribution < 1.29 is 9.90 Å². The molecule has 0 aliphatic carbocycles. The second kappa shape index (κ2) is 6.26. The van der Waals surface area contributed by atoms with E-state index in [1.165, 1.54) is 11.8 Å². The molecule has 0 spiro atoms. The van der Waals surface area contributed by atoms with Crippen LogP contribution in [0.5, 0.6) is 5.75 Å². The van der Waals surface area contributed by atoms with Crippen molar-refractivity contribution in [2.45, 2.75) is 5.75 Å². The van der Waals surface area contributed by atoms with Gasteiger partial charge in [-0.05, 0) is 6.07 Å². The van der Waals surface area contributed by atoms with Gasteiger partial charge in [-0.25, -0.2) is 0 Å². The van der Waals surface area contributed by atoms with Crippen molar-refractivity contribution in [3.05, 3.63) is 65.7 Å². The summed E-state index contributed by atoms with van der Waals surface area (Å²) in [4.78, 5) is 11.8. The van der Waals surface area contributed by atoms with Gasteiger partial charge in [0.15, 0.2) is 5.78 Å². The number of hydrogen-bond acceptors (Lipinski definition) is 3. The molecular formula is C15H14O2S. The first kappa shape index (κ1) is 12.7. The van der Waals surface area contributed by atoms with Gasteiger partial charge in [0.2, 0.25) is 0 Å². The summed E-state index contributed by atoms with van der Waals surface area (Å²) in [5.41, 5.74) is 1.60. The average Bonchev–Trinajstić information content (AvgIpc) is 2.42. The maximum atomic E-state index is 11.8. The number of thioether (sulfide) groups is 1. The Kier molecular flexibility index (Phi) is 4.42. The van der Waals surface area contributed by atoms with Gasteiger partial charge in [0.05, 0.1) is 5.75 Å². The molecule has 0 aliphatic heterocycles. The van der Waals surface area contributed by atoms with Crippen LogP contribution < -0.4 is 0 Å². The monoisotopic (exact) mass is 258 g/mol. The Morgan fingerprint density at radius 3 is 2.39 bits per heavy atom. The molecule has 0 amide bonds. The molecule has 0 heterocycles. The molecule has 0 saturated heterocycles. The number of phenols is 1. The minimum atomic E-state index is 0.121. The van der Waals surface area contributed by atoms with Crippen molar-refractivity contribution in [2.24, 2.45) is 0 Å². The van der Waals surface area contributed by atoms with Gasteiger partial charge in [0.1, 0.15) is 5.75 Å². The van der Waals surface area contributed by atoms with E-state index in [0.717, 1.165) is 11.1 Å². The number of carbonyl (C=O) groups excluding carboxylic acids is 1. The van der Waals surface area contributed by atoms with Crippen LogP contribution >= 0.6 is 11.8 Å². The van der Waals surface area contributed by atoms with E-state index in [-0.39, 0.29) is 11.5 Å². The third-order valence-corrected chi connectivity index (χ3v) is 3.56. The number of carbonyl (C=O) groups is 1. The predicted octanol–water partition coefficient (Wildman–Crippen LogP) is 3.51. The average molecular weight is 258 g/mol. The standard InChI is InChI=1S/C15H14O2S/c16-14-9-5-4-8-13(14)10-18-11-15(17)12-6-2-1-3-7-12/h1-9,16H,10-11H2. The first-order valence-corrected chi connectivity index (χ1v) is 6.85. The Morgan fingerprint density at radius 2 is 1.67 bits per heavy atom. The summed E-state index contributed by atoms with van der Waals surface area (Å²) in [6, 6.07) is 16.5. The summed E-state index contributed by atoms with van der Waals surface area (Å²) in [6.07, 6.45) is 0. The van der Waals surface area contributed by atoms with Gasteiger partial charge in [-0.3, -0.25) is 4.79 Å². The van der Waals surface area contributed by atoms with Crippen molar-refractivity contribution in [2.75, 3.05) is 5.75 Å². The van der Waals surface area contributed by atoms with Crippen molar-refractivity contribution in [1.82, 2.24) is 0 Å². The molecule has 0 unspecified atom stereocenters. The number of benzene rings is 2. The third kappa shape index (κ3) is 3.37. The lowest BCUT2D eigenvalue weighted by Gasteiger charge is -2.04. The number of hydrogen-bond donors (Lipinski definition) is 1. The maximum absolute atomic E-state index is 11.8. The van der Waals surface area contributed by atoms with Crippen molar-refractivity contribution in [3.63, 3.8) is 0 Å². The lowest BCUT2D eigenvalue weighted by molar-refractivity contribution is 0.102. The van der Waals surface area contributed by atoms with Gasteiger partial charge in [-0.2, -0.15) is 0 Å². The molecule has 2 aromatic carbocycles. The highest BCUT2D eigenvalue weighted by Crippen LogP contribution is 2.21. The highest BCUT2D eigenvalue weighted by Gasteiger charge is 2.06. The van der Waals surface area contributed by atoms with Crippen LogP contribution in [0.1, 0.15) is 15.9 Å². The molecule has 1 N–H and O–H groups in total. The Labute approximate surface area is 111 Å². The summed E-state index contributed by atoms with van der Waals surface area (Å²) < 4.78 is 0. The summed E-state index contributed by atoms with van der Waals surface area (Å²) in [5, 5.41) is 9.59. The van der Waals surface area contributed by atoms with E-state index in [2.05, 4.69) is 0 Å². The Bertz CT molecular complexity index is 523. The van der Waals surface area contributed by atoms with Gasteiger partial charge in [0, 0.05) is 16.9 Å². The zero-order valence-corrected chi connectivity index (χ0v) is 10.7. The molecule has 0 fully saturated rings. The number of aromatic hydroxyl groups is 1. The lowest BCUT2D eigenvalue weighted by Crippen LogP contribution is -2.02. The molecule has 0 bridgehead atoms. The molecule has 0 atom stereocenters. The summed E-state index contributed by atoms with van der Waals surface area (Å²) >= 11 is 1.51. The highest BCUT2D eigenvalue weighted by atomic mass is 32.2. The Morgan fingerprint density at radius 1 is 1.00 bits per heavy atom. The van der Waals surface area contributed by atoms with E-state index >= 15 is 0 Å². The minimum absolute atomic E-state index is 0.121. The van der Waals surface area contributed by atoms with E-state index in [0.29, 0.717) is 11.5 Å². The quantitative estimate of drug-likeness (QED) is 0.834. The van der Waals surface area contributed by atoms with E-state index in [9.17, 15) is 9.90 Å². The predicted molar refractivity (Wildman–Crippen MR) is 75.0 cm³/mol. The molecular weight excluding hydrogens is 244 g/mol. The summed E-state index contributed by atoms with van der Waals surface area (Å²) in [5.74, 6) is 1.48. The van der Waals surface area contributed by atoms with E-state index in [4.69, 9.17) is 0 Å². The van der Waals surface area contributed by atoms with Gasteiger partial charge in [-0.1, -0.05) is 48.5 Å². The van der Waals surface area contributed by atoms with Crippen LogP contribution in [0.3, 0.4) is 0 Å². The van der Waals surface area contributed by atoms with E-state index in [1.807, 2.05) is 42.5 Å². The number of rotatable bonds is 5. The van der Waals surface area contributed by atoms with Crippen molar-refractivity contribution >= 4 is 17.5 Å². The molecule has 92 valence electrons. The molecule has 0 radical (unpaired) electrons. The number of ketones is 1. The SMILES string of the molecule is O=C(CSCc1ccccc1O)c1ccccc1. The van der Waals surface area contributed by atoms with Gasteiger partial charge in [-0.15, -0.1) is 11.8 Å². The summed E-state index contributed by atoms with van der Waals surface area (Å²) in [7, 11) is 0. The number of Topliss-reactive ketones (excluding diaryl/α,β-unsaturated/α-hetero) is 1. The molecule has 2 nitrogen and oxygen atoms in total. The first-order chi connectivity index (χ1) is 8.77. The zero-order valence-electron chi connectivity index (χ0n) is 9.87. The maximum Gasteiger partial charge on any atom is 0.172 e. The van der Waals surface area contributed by atoms with Crippen LogP contribution in [0.15, 0.2) is 54.6 Å². The third-order valence-electron chi connectivity index (χ3n) is 2.58. The van der Waals surface area contributed by atoms with Crippen LogP contribution in [0.4, 0.5) is 0 Å². The Hall–Kier alpha value is -1.74. The van der Waals surface area contributed by atoms with Gasteiger partial charge >= 0.3 is 0 Å². The van der Waals surface area contributed by atoms with Crippen LogP contribution in [0.2, 0.25) is 0 Å². The fourth-order valence-corrected chi connectivity index (χ4v) is 2.51.